The van der Waals surface area contributed by atoms with Gasteiger partial charge in [0.05, 0.1) is 18.5 Å². The first-order chi connectivity index (χ1) is 11.7. The molecule has 2 aromatic rings. The molecule has 1 aliphatic rings. The zero-order valence-corrected chi connectivity index (χ0v) is 14.7. The molecule has 7 nitrogen and oxygen atoms in total. The molecule has 1 saturated heterocycles. The van der Waals surface area contributed by atoms with Crippen LogP contribution in [0, 0.1) is 6.92 Å². The third-order valence-electron chi connectivity index (χ3n) is 3.91. The van der Waals surface area contributed by atoms with Crippen molar-refractivity contribution in [1.29, 1.82) is 0 Å². The molecule has 0 atom stereocenters. The number of aromatic nitrogens is 2. The minimum Gasteiger partial charge on any atom is -0.466 e. The van der Waals surface area contributed by atoms with Crippen molar-refractivity contribution >= 4 is 34.1 Å². The summed E-state index contributed by atoms with van der Waals surface area (Å²) in [7, 11) is 1.49. The van der Waals surface area contributed by atoms with Crippen molar-refractivity contribution in [1.82, 2.24) is 9.36 Å². The second-order valence-electron chi connectivity index (χ2n) is 5.73. The van der Waals surface area contributed by atoms with E-state index in [1.807, 2.05) is 12.1 Å². The van der Waals surface area contributed by atoms with Crippen LogP contribution in [-0.4, -0.2) is 35.6 Å². The number of carbonyl (C=O) groups is 1. The van der Waals surface area contributed by atoms with Gasteiger partial charge in [-0.2, -0.15) is 4.98 Å². The van der Waals surface area contributed by atoms with Crippen LogP contribution in [0.15, 0.2) is 18.2 Å². The summed E-state index contributed by atoms with van der Waals surface area (Å²) in [6.07, 6.45) is 3.64. The predicted octanol–water partition coefficient (Wildman–Crippen LogP) is 3.49. The van der Waals surface area contributed by atoms with Crippen molar-refractivity contribution in [3.63, 3.8) is 0 Å². The minimum atomic E-state index is -0.337. The standard InChI is InChI=1S/C16H21N5O2S/c1-11-6-7-12(13(10-11)21-8-4-3-5-9-21)17-14(22)18-16-19-15(23-2)20-24-16/h6-7,10H,3-5,8-9H2,1-2H3,(H2,17,18,19,20,22). The van der Waals surface area contributed by atoms with Gasteiger partial charge in [0.2, 0.25) is 5.13 Å². The van der Waals surface area contributed by atoms with Gasteiger partial charge in [0.1, 0.15) is 0 Å². The molecule has 128 valence electrons. The Balaban J connectivity index is 1.72. The van der Waals surface area contributed by atoms with Crippen LogP contribution in [0.5, 0.6) is 6.01 Å². The van der Waals surface area contributed by atoms with E-state index in [0.717, 1.165) is 36.0 Å². The van der Waals surface area contributed by atoms with Gasteiger partial charge < -0.3 is 15.0 Å². The lowest BCUT2D eigenvalue weighted by Gasteiger charge is -2.30. The fourth-order valence-corrected chi connectivity index (χ4v) is 3.28. The van der Waals surface area contributed by atoms with E-state index in [2.05, 4.69) is 37.9 Å². The van der Waals surface area contributed by atoms with Crippen LogP contribution in [0.25, 0.3) is 0 Å². The Hall–Kier alpha value is -2.35. The van der Waals surface area contributed by atoms with Crippen LogP contribution in [-0.2, 0) is 0 Å². The van der Waals surface area contributed by atoms with E-state index >= 15 is 0 Å². The largest absolute Gasteiger partial charge is 0.466 e. The van der Waals surface area contributed by atoms with E-state index < -0.39 is 0 Å². The Labute approximate surface area is 145 Å². The van der Waals surface area contributed by atoms with Crippen molar-refractivity contribution in [3.8, 4) is 6.01 Å². The highest BCUT2D eigenvalue weighted by Gasteiger charge is 2.16. The first kappa shape index (κ1) is 16.5. The van der Waals surface area contributed by atoms with Crippen LogP contribution in [0.3, 0.4) is 0 Å². The molecule has 2 amide bonds. The van der Waals surface area contributed by atoms with Gasteiger partial charge in [0, 0.05) is 24.6 Å². The van der Waals surface area contributed by atoms with Crippen molar-refractivity contribution in [3.05, 3.63) is 23.8 Å². The smallest absolute Gasteiger partial charge is 0.329 e. The Kier molecular flexibility index (Phi) is 5.14. The number of piperidine rings is 1. The summed E-state index contributed by atoms with van der Waals surface area (Å²) in [6.45, 7) is 4.10. The van der Waals surface area contributed by atoms with Crippen molar-refractivity contribution < 1.29 is 9.53 Å². The second kappa shape index (κ2) is 7.48. The molecule has 3 rings (SSSR count). The van der Waals surface area contributed by atoms with Crippen LogP contribution in [0.2, 0.25) is 0 Å². The lowest BCUT2D eigenvalue weighted by atomic mass is 10.1. The summed E-state index contributed by atoms with van der Waals surface area (Å²) < 4.78 is 8.87. The fraction of sp³-hybridized carbons (Fsp3) is 0.438. The third-order valence-corrected chi connectivity index (χ3v) is 4.52. The highest BCUT2D eigenvalue weighted by atomic mass is 32.1. The lowest BCUT2D eigenvalue weighted by Crippen LogP contribution is -2.31. The van der Waals surface area contributed by atoms with Gasteiger partial charge in [-0.05, 0) is 43.9 Å². The number of anilines is 3. The Morgan fingerprint density at radius 1 is 1.25 bits per heavy atom. The number of amides is 2. The van der Waals surface area contributed by atoms with Crippen molar-refractivity contribution in [2.24, 2.45) is 0 Å². The molecule has 0 bridgehead atoms. The van der Waals surface area contributed by atoms with E-state index in [1.165, 1.54) is 31.9 Å². The number of hydrogen-bond donors (Lipinski definition) is 2. The number of nitrogens with zero attached hydrogens (tertiary/aromatic N) is 3. The number of ether oxygens (including phenoxy) is 1. The molecule has 24 heavy (non-hydrogen) atoms. The van der Waals surface area contributed by atoms with Gasteiger partial charge in [-0.1, -0.05) is 6.07 Å². The number of aryl methyl sites for hydroxylation is 1. The normalized spacial score (nSPS) is 14.3. The fourth-order valence-electron chi connectivity index (χ4n) is 2.74. The van der Waals surface area contributed by atoms with Gasteiger partial charge in [0.15, 0.2) is 0 Å². The van der Waals surface area contributed by atoms with Crippen molar-refractivity contribution in [2.75, 3.05) is 35.7 Å². The number of urea groups is 1. The van der Waals surface area contributed by atoms with Crippen LogP contribution < -0.4 is 20.3 Å². The molecule has 0 unspecified atom stereocenters. The molecule has 1 aliphatic heterocycles. The zero-order valence-electron chi connectivity index (χ0n) is 13.8. The van der Waals surface area contributed by atoms with E-state index in [1.54, 1.807) is 0 Å². The van der Waals surface area contributed by atoms with Gasteiger partial charge in [-0.25, -0.2) is 4.79 Å². The van der Waals surface area contributed by atoms with E-state index in [-0.39, 0.29) is 12.0 Å². The first-order valence-corrected chi connectivity index (χ1v) is 8.74. The minimum absolute atomic E-state index is 0.250. The third kappa shape index (κ3) is 3.94. The maximum Gasteiger partial charge on any atom is 0.329 e. The Morgan fingerprint density at radius 3 is 2.75 bits per heavy atom. The van der Waals surface area contributed by atoms with Crippen LogP contribution in [0.1, 0.15) is 24.8 Å². The zero-order chi connectivity index (χ0) is 16.9. The molecule has 1 fully saturated rings. The number of benzene rings is 1. The second-order valence-corrected chi connectivity index (χ2v) is 6.49. The predicted molar refractivity (Wildman–Crippen MR) is 96.3 cm³/mol. The molecular weight excluding hydrogens is 326 g/mol. The highest BCUT2D eigenvalue weighted by Crippen LogP contribution is 2.30. The molecule has 2 heterocycles. The summed E-state index contributed by atoms with van der Waals surface area (Å²) >= 11 is 1.08. The number of hydrogen-bond acceptors (Lipinski definition) is 6. The monoisotopic (exact) mass is 347 g/mol. The summed E-state index contributed by atoms with van der Waals surface area (Å²) in [4.78, 5) is 18.6. The number of methoxy groups -OCH3 is 1. The molecule has 2 N–H and O–H groups in total. The maximum absolute atomic E-state index is 12.3. The van der Waals surface area contributed by atoms with Gasteiger partial charge in [0.25, 0.3) is 0 Å². The quantitative estimate of drug-likeness (QED) is 0.885. The molecule has 8 heteroatoms. The SMILES string of the molecule is COc1nsc(NC(=O)Nc2ccc(C)cc2N2CCCCC2)n1. The van der Waals surface area contributed by atoms with Gasteiger partial charge in [-0.3, -0.25) is 5.32 Å². The number of carbonyl (C=O) groups excluding carboxylic acids is 1. The van der Waals surface area contributed by atoms with E-state index in [9.17, 15) is 4.79 Å². The van der Waals surface area contributed by atoms with E-state index in [0.29, 0.717) is 5.13 Å². The van der Waals surface area contributed by atoms with Gasteiger partial charge in [-0.15, -0.1) is 4.37 Å². The maximum atomic E-state index is 12.3. The summed E-state index contributed by atoms with van der Waals surface area (Å²) in [5, 5.41) is 6.00. The molecule has 0 saturated carbocycles. The topological polar surface area (TPSA) is 79.4 Å². The van der Waals surface area contributed by atoms with Crippen LogP contribution >= 0.6 is 11.5 Å². The average Bonchev–Trinajstić information content (AvgIpc) is 3.04. The summed E-state index contributed by atoms with van der Waals surface area (Å²) in [5.74, 6) is 0. The molecule has 1 aromatic heterocycles. The lowest BCUT2D eigenvalue weighted by molar-refractivity contribution is 0.262. The van der Waals surface area contributed by atoms with Gasteiger partial charge >= 0.3 is 12.0 Å². The molecule has 0 spiro atoms. The number of nitrogens with one attached hydrogen (secondary N) is 2. The number of rotatable bonds is 4. The molecule has 0 radical (unpaired) electrons. The van der Waals surface area contributed by atoms with Crippen LogP contribution in [0.4, 0.5) is 21.3 Å². The Morgan fingerprint density at radius 2 is 2.04 bits per heavy atom. The molecular formula is C16H21N5O2S. The molecule has 1 aromatic carbocycles. The van der Waals surface area contributed by atoms with E-state index in [4.69, 9.17) is 4.74 Å². The first-order valence-electron chi connectivity index (χ1n) is 7.97. The average molecular weight is 347 g/mol. The highest BCUT2D eigenvalue weighted by molar-refractivity contribution is 7.10. The summed E-state index contributed by atoms with van der Waals surface area (Å²) in [5.41, 5.74) is 3.05. The summed E-state index contributed by atoms with van der Waals surface area (Å²) in [6, 6.07) is 5.97. The Bertz CT molecular complexity index is 712. The van der Waals surface area contributed by atoms with Crippen molar-refractivity contribution in [2.45, 2.75) is 26.2 Å². The molecule has 0 aliphatic carbocycles.